The van der Waals surface area contributed by atoms with Gasteiger partial charge in [-0.2, -0.15) is 0 Å². The number of benzene rings is 2. The molecule has 2 aromatic rings. The first-order chi connectivity index (χ1) is 10.4. The highest BCUT2D eigenvalue weighted by molar-refractivity contribution is 9.10. The largest absolute Gasteiger partial charge is 0.483 e. The number of para-hydroxylation sites is 1. The fraction of sp³-hybridized carbons (Fsp3) is 0.188. The van der Waals surface area contributed by atoms with E-state index in [4.69, 9.17) is 27.9 Å². The van der Waals surface area contributed by atoms with Gasteiger partial charge in [0.1, 0.15) is 5.75 Å². The van der Waals surface area contributed by atoms with Crippen molar-refractivity contribution in [3.8, 4) is 5.75 Å². The van der Waals surface area contributed by atoms with Crippen LogP contribution < -0.4 is 10.1 Å². The number of halogens is 3. The molecule has 0 spiro atoms. The zero-order valence-corrected chi connectivity index (χ0v) is 15.1. The van der Waals surface area contributed by atoms with E-state index >= 15 is 0 Å². The summed E-state index contributed by atoms with van der Waals surface area (Å²) in [5.41, 5.74) is 2.30. The number of aryl methyl sites for hydroxylation is 2. The van der Waals surface area contributed by atoms with Gasteiger partial charge in [0, 0.05) is 4.47 Å². The molecule has 22 heavy (non-hydrogen) atoms. The normalized spacial score (nSPS) is 10.4. The molecule has 0 aliphatic carbocycles. The Kier molecular flexibility index (Phi) is 5.73. The molecule has 3 nitrogen and oxygen atoms in total. The monoisotopic (exact) mass is 401 g/mol. The molecule has 0 radical (unpaired) electrons. The zero-order chi connectivity index (χ0) is 16.3. The third-order valence-corrected chi connectivity index (χ3v) is 4.09. The minimum absolute atomic E-state index is 0.120. The van der Waals surface area contributed by atoms with Crippen LogP contribution in [0, 0.1) is 13.8 Å². The maximum atomic E-state index is 12.0. The first kappa shape index (κ1) is 17.1. The molecule has 0 saturated carbocycles. The van der Waals surface area contributed by atoms with Crippen molar-refractivity contribution >= 4 is 50.7 Å². The Hall–Kier alpha value is -1.23. The second-order valence-corrected chi connectivity index (χ2v) is 6.53. The summed E-state index contributed by atoms with van der Waals surface area (Å²) >= 11 is 15.5. The Labute approximate surface area is 147 Å². The Bertz CT molecular complexity index is 676. The summed E-state index contributed by atoms with van der Waals surface area (Å²) in [6.45, 7) is 3.73. The highest BCUT2D eigenvalue weighted by Crippen LogP contribution is 2.30. The lowest BCUT2D eigenvalue weighted by Gasteiger charge is -2.13. The Balaban J connectivity index is 2.05. The predicted octanol–water partition coefficient (Wildman–Crippen LogP) is 5.39. The lowest BCUT2D eigenvalue weighted by Crippen LogP contribution is -2.21. The third-order valence-electron chi connectivity index (χ3n) is 3.00. The minimum Gasteiger partial charge on any atom is -0.483 e. The molecule has 0 saturated heterocycles. The van der Waals surface area contributed by atoms with E-state index in [-0.39, 0.29) is 12.5 Å². The summed E-state index contributed by atoms with van der Waals surface area (Å²) in [5, 5.41) is 3.43. The number of hydrogen-bond acceptors (Lipinski definition) is 2. The van der Waals surface area contributed by atoms with Gasteiger partial charge in [0.2, 0.25) is 0 Å². The molecule has 0 atom stereocenters. The van der Waals surface area contributed by atoms with Gasteiger partial charge in [0.25, 0.3) is 5.91 Å². The van der Waals surface area contributed by atoms with E-state index in [2.05, 4.69) is 21.2 Å². The number of amides is 1. The Morgan fingerprint density at radius 2 is 1.73 bits per heavy atom. The van der Waals surface area contributed by atoms with E-state index in [0.29, 0.717) is 21.5 Å². The van der Waals surface area contributed by atoms with E-state index in [1.54, 1.807) is 18.2 Å². The average molecular weight is 403 g/mol. The molecule has 2 aromatic carbocycles. The van der Waals surface area contributed by atoms with Gasteiger partial charge < -0.3 is 10.1 Å². The third kappa shape index (κ3) is 4.15. The van der Waals surface area contributed by atoms with Crippen molar-refractivity contribution in [2.45, 2.75) is 13.8 Å². The fourth-order valence-electron chi connectivity index (χ4n) is 2.06. The van der Waals surface area contributed by atoms with E-state index in [1.807, 2.05) is 26.0 Å². The molecule has 0 unspecified atom stereocenters. The lowest BCUT2D eigenvalue weighted by molar-refractivity contribution is -0.118. The highest BCUT2D eigenvalue weighted by atomic mass is 79.9. The lowest BCUT2D eigenvalue weighted by atomic mass is 10.1. The maximum absolute atomic E-state index is 12.0. The van der Waals surface area contributed by atoms with Crippen LogP contribution in [0.25, 0.3) is 0 Å². The molecule has 116 valence electrons. The van der Waals surface area contributed by atoms with Crippen molar-refractivity contribution in [2.24, 2.45) is 0 Å². The summed E-state index contributed by atoms with van der Waals surface area (Å²) in [4.78, 5) is 12.0. The van der Waals surface area contributed by atoms with Crippen LogP contribution in [0.15, 0.2) is 34.8 Å². The Morgan fingerprint density at radius 3 is 2.27 bits per heavy atom. The SMILES string of the molecule is Cc1cc(Br)cc(C)c1OCC(=O)Nc1c(Cl)cccc1Cl. The molecule has 0 aliphatic heterocycles. The van der Waals surface area contributed by atoms with Crippen molar-refractivity contribution in [3.05, 3.63) is 56.0 Å². The summed E-state index contributed by atoms with van der Waals surface area (Å²) < 4.78 is 6.59. The molecule has 0 aromatic heterocycles. The number of rotatable bonds is 4. The second kappa shape index (κ2) is 7.36. The molecule has 6 heteroatoms. The topological polar surface area (TPSA) is 38.3 Å². The number of hydrogen-bond donors (Lipinski definition) is 1. The van der Waals surface area contributed by atoms with Crippen LogP contribution in [-0.2, 0) is 4.79 Å². The molecule has 1 N–H and O–H groups in total. The van der Waals surface area contributed by atoms with E-state index in [1.165, 1.54) is 0 Å². The van der Waals surface area contributed by atoms with Crippen molar-refractivity contribution in [3.63, 3.8) is 0 Å². The molecule has 2 rings (SSSR count). The highest BCUT2D eigenvalue weighted by Gasteiger charge is 2.12. The van der Waals surface area contributed by atoms with E-state index in [0.717, 1.165) is 15.6 Å². The fourth-order valence-corrected chi connectivity index (χ4v) is 3.23. The van der Waals surface area contributed by atoms with Gasteiger partial charge in [-0.3, -0.25) is 4.79 Å². The van der Waals surface area contributed by atoms with Crippen LogP contribution in [0.3, 0.4) is 0 Å². The molecule has 0 heterocycles. The van der Waals surface area contributed by atoms with Gasteiger partial charge in [0.05, 0.1) is 15.7 Å². The van der Waals surface area contributed by atoms with Gasteiger partial charge in [-0.05, 0) is 49.2 Å². The standard InChI is InChI=1S/C16H14BrCl2NO2/c1-9-6-11(17)7-10(2)16(9)22-8-14(21)20-15-12(18)4-3-5-13(15)19/h3-7H,8H2,1-2H3,(H,20,21). The van der Waals surface area contributed by atoms with Crippen LogP contribution in [0.5, 0.6) is 5.75 Å². The maximum Gasteiger partial charge on any atom is 0.262 e. The second-order valence-electron chi connectivity index (χ2n) is 4.80. The number of carbonyl (C=O) groups is 1. The number of nitrogens with one attached hydrogen (secondary N) is 1. The molecule has 0 bridgehead atoms. The minimum atomic E-state index is -0.322. The van der Waals surface area contributed by atoms with Crippen LogP contribution in [0.1, 0.15) is 11.1 Å². The predicted molar refractivity (Wildman–Crippen MR) is 94.2 cm³/mol. The van der Waals surface area contributed by atoms with Crippen molar-refractivity contribution in [1.82, 2.24) is 0 Å². The number of ether oxygens (including phenoxy) is 1. The first-order valence-electron chi connectivity index (χ1n) is 6.52. The van der Waals surface area contributed by atoms with Crippen molar-refractivity contribution in [1.29, 1.82) is 0 Å². The van der Waals surface area contributed by atoms with Crippen LogP contribution in [0.4, 0.5) is 5.69 Å². The van der Waals surface area contributed by atoms with Crippen molar-refractivity contribution in [2.75, 3.05) is 11.9 Å². The van der Waals surface area contributed by atoms with Crippen LogP contribution in [-0.4, -0.2) is 12.5 Å². The molecular formula is C16H14BrCl2NO2. The van der Waals surface area contributed by atoms with Gasteiger partial charge >= 0.3 is 0 Å². The van der Waals surface area contributed by atoms with Gasteiger partial charge in [0.15, 0.2) is 6.61 Å². The molecule has 0 fully saturated rings. The van der Waals surface area contributed by atoms with Gasteiger partial charge in [-0.15, -0.1) is 0 Å². The molecule has 0 aliphatic rings. The molecular weight excluding hydrogens is 389 g/mol. The zero-order valence-electron chi connectivity index (χ0n) is 12.0. The van der Waals surface area contributed by atoms with Crippen LogP contribution >= 0.6 is 39.1 Å². The summed E-state index contributed by atoms with van der Waals surface area (Å²) in [6, 6.07) is 8.90. The van der Waals surface area contributed by atoms with Crippen molar-refractivity contribution < 1.29 is 9.53 Å². The number of carbonyl (C=O) groups excluding carboxylic acids is 1. The average Bonchev–Trinajstić information content (AvgIpc) is 2.42. The van der Waals surface area contributed by atoms with Gasteiger partial charge in [-0.1, -0.05) is 45.2 Å². The smallest absolute Gasteiger partial charge is 0.262 e. The van der Waals surface area contributed by atoms with Crippen LogP contribution in [0.2, 0.25) is 10.0 Å². The quantitative estimate of drug-likeness (QED) is 0.744. The molecule has 1 amide bonds. The first-order valence-corrected chi connectivity index (χ1v) is 8.07. The Morgan fingerprint density at radius 1 is 1.18 bits per heavy atom. The summed E-state index contributed by atoms with van der Waals surface area (Å²) in [6.07, 6.45) is 0. The summed E-state index contributed by atoms with van der Waals surface area (Å²) in [7, 11) is 0. The van der Waals surface area contributed by atoms with E-state index < -0.39 is 0 Å². The van der Waals surface area contributed by atoms with Gasteiger partial charge in [-0.25, -0.2) is 0 Å². The summed E-state index contributed by atoms with van der Waals surface area (Å²) in [5.74, 6) is 0.375. The number of anilines is 1. The van der Waals surface area contributed by atoms with E-state index in [9.17, 15) is 4.79 Å².